The van der Waals surface area contributed by atoms with Crippen LogP contribution in [0, 0.1) is 0 Å². The molecule has 7 nitrogen and oxygen atoms in total. The first kappa shape index (κ1) is 22.6. The number of hydrogen-bond donors (Lipinski definition) is 3. The molecular formula is C26H32O7. The molecule has 2 heterocycles. The van der Waals surface area contributed by atoms with Crippen LogP contribution in [-0.2, 0) is 21.7 Å². The molecular weight excluding hydrogens is 424 g/mol. The van der Waals surface area contributed by atoms with Crippen LogP contribution in [0.25, 0.3) is 0 Å². The number of fused-ring (bicyclic) bond motifs is 1. The van der Waals surface area contributed by atoms with Crippen LogP contribution >= 0.6 is 0 Å². The summed E-state index contributed by atoms with van der Waals surface area (Å²) in [5.74, 6) is 0.475. The lowest BCUT2D eigenvalue weighted by Gasteiger charge is -2.48. The fourth-order valence-corrected chi connectivity index (χ4v) is 5.03. The Labute approximate surface area is 193 Å². The fourth-order valence-electron chi connectivity index (χ4n) is 5.03. The zero-order chi connectivity index (χ0) is 23.2. The van der Waals surface area contributed by atoms with Crippen LogP contribution in [0.2, 0.25) is 0 Å². The highest BCUT2D eigenvalue weighted by atomic mass is 16.7. The van der Waals surface area contributed by atoms with E-state index in [1.807, 2.05) is 37.3 Å². The predicted molar refractivity (Wildman–Crippen MR) is 121 cm³/mol. The molecule has 5 rings (SSSR count). The van der Waals surface area contributed by atoms with Gasteiger partial charge in [-0.05, 0) is 66.5 Å². The number of hydrogen-bond acceptors (Lipinski definition) is 7. The van der Waals surface area contributed by atoms with Gasteiger partial charge < -0.3 is 34.3 Å². The Hall–Kier alpha value is -2.16. The maximum atomic E-state index is 10.9. The van der Waals surface area contributed by atoms with Crippen LogP contribution in [0.15, 0.2) is 36.4 Å². The zero-order valence-corrected chi connectivity index (χ0v) is 19.1. The molecule has 1 aliphatic carbocycles. The number of aliphatic hydroxyl groups is 3. The highest BCUT2D eigenvalue weighted by Crippen LogP contribution is 2.45. The largest absolute Gasteiger partial charge is 0.486 e. The monoisotopic (exact) mass is 456 g/mol. The maximum absolute atomic E-state index is 10.9. The average molecular weight is 457 g/mol. The van der Waals surface area contributed by atoms with E-state index in [0.717, 1.165) is 35.5 Å². The first-order valence-electron chi connectivity index (χ1n) is 11.8. The van der Waals surface area contributed by atoms with Crippen LogP contribution in [0.1, 0.15) is 54.4 Å². The van der Waals surface area contributed by atoms with Gasteiger partial charge in [0.15, 0.2) is 11.5 Å². The molecule has 1 saturated carbocycles. The fraction of sp³-hybridized carbons (Fsp3) is 0.538. The van der Waals surface area contributed by atoms with Crippen LogP contribution in [-0.4, -0.2) is 60.1 Å². The van der Waals surface area contributed by atoms with Crippen molar-refractivity contribution < 1.29 is 34.3 Å². The van der Waals surface area contributed by atoms with Gasteiger partial charge >= 0.3 is 0 Å². The Balaban J connectivity index is 1.52. The molecule has 1 unspecified atom stereocenters. The van der Waals surface area contributed by atoms with E-state index in [2.05, 4.69) is 6.07 Å². The van der Waals surface area contributed by atoms with Crippen molar-refractivity contribution in [3.8, 4) is 11.5 Å². The average Bonchev–Trinajstić information content (AvgIpc) is 3.68. The second-order valence-electron chi connectivity index (χ2n) is 9.20. The lowest BCUT2D eigenvalue weighted by Crippen LogP contribution is -2.63. The van der Waals surface area contributed by atoms with Crippen molar-refractivity contribution in [3.05, 3.63) is 58.7 Å². The third-order valence-corrected chi connectivity index (χ3v) is 7.04. The van der Waals surface area contributed by atoms with E-state index in [1.54, 1.807) is 0 Å². The molecule has 0 bridgehead atoms. The van der Waals surface area contributed by atoms with E-state index in [4.69, 9.17) is 18.9 Å². The molecule has 3 N–H and O–H groups in total. The van der Waals surface area contributed by atoms with Crippen molar-refractivity contribution in [2.75, 3.05) is 20.3 Å². The van der Waals surface area contributed by atoms with Gasteiger partial charge in [0.1, 0.15) is 31.5 Å². The van der Waals surface area contributed by atoms with Crippen molar-refractivity contribution in [1.29, 1.82) is 0 Å². The van der Waals surface area contributed by atoms with Gasteiger partial charge in [-0.15, -0.1) is 0 Å². The van der Waals surface area contributed by atoms with Gasteiger partial charge in [-0.3, -0.25) is 0 Å². The van der Waals surface area contributed by atoms with E-state index in [9.17, 15) is 15.3 Å². The summed E-state index contributed by atoms with van der Waals surface area (Å²) in [4.78, 5) is 0. The first-order chi connectivity index (χ1) is 16.0. The third kappa shape index (κ3) is 4.02. The smallest absolute Gasteiger partial charge is 0.224 e. The Morgan fingerprint density at radius 3 is 2.42 bits per heavy atom. The third-order valence-electron chi connectivity index (χ3n) is 7.04. The highest BCUT2D eigenvalue weighted by molar-refractivity contribution is 5.47. The quantitative estimate of drug-likeness (QED) is 0.615. The van der Waals surface area contributed by atoms with Gasteiger partial charge in [0, 0.05) is 12.7 Å². The van der Waals surface area contributed by atoms with Crippen molar-refractivity contribution in [3.63, 3.8) is 0 Å². The lowest BCUT2D eigenvalue weighted by atomic mass is 9.85. The standard InChI is InChI=1S/C26H32O7/c1-3-20-23(27)24(28)25(29)26(30-2,33-20)18-7-8-19(16-5-6-16)17(14-18)12-15-4-9-21-22(13-15)32-11-10-31-21/h4,7-9,13-14,16,20,23-25,27-29H,3,5-6,10-12H2,1-2H3/t20-,23-,24+,25-,26?/m1/s1. The van der Waals surface area contributed by atoms with Gasteiger partial charge in [-0.1, -0.05) is 25.1 Å². The zero-order valence-electron chi connectivity index (χ0n) is 19.1. The van der Waals surface area contributed by atoms with E-state index >= 15 is 0 Å². The Bertz CT molecular complexity index is 1000. The number of ether oxygens (including phenoxy) is 4. The molecule has 0 spiro atoms. The Morgan fingerprint density at radius 1 is 0.970 bits per heavy atom. The Kier molecular flexibility index (Phi) is 6.09. The van der Waals surface area contributed by atoms with E-state index in [-0.39, 0.29) is 0 Å². The minimum Gasteiger partial charge on any atom is -0.486 e. The van der Waals surface area contributed by atoms with E-state index in [1.165, 1.54) is 12.7 Å². The molecule has 3 aliphatic rings. The van der Waals surface area contributed by atoms with Gasteiger partial charge in [0.2, 0.25) is 5.79 Å². The minimum atomic E-state index is -1.57. The van der Waals surface area contributed by atoms with Crippen molar-refractivity contribution in [1.82, 2.24) is 0 Å². The second-order valence-corrected chi connectivity index (χ2v) is 9.20. The maximum Gasteiger partial charge on any atom is 0.224 e. The summed E-state index contributed by atoms with van der Waals surface area (Å²) >= 11 is 0. The summed E-state index contributed by atoms with van der Waals surface area (Å²) in [6, 6.07) is 12.0. The van der Waals surface area contributed by atoms with Gasteiger partial charge in [0.05, 0.1) is 6.10 Å². The summed E-state index contributed by atoms with van der Waals surface area (Å²) < 4.78 is 23.3. The van der Waals surface area contributed by atoms with Gasteiger partial charge in [-0.2, -0.15) is 0 Å². The highest BCUT2D eigenvalue weighted by Gasteiger charge is 2.54. The minimum absolute atomic E-state index is 0.472. The summed E-state index contributed by atoms with van der Waals surface area (Å²) in [7, 11) is 1.45. The van der Waals surface area contributed by atoms with Crippen molar-refractivity contribution in [2.24, 2.45) is 0 Å². The van der Waals surface area contributed by atoms with Gasteiger partial charge in [0.25, 0.3) is 0 Å². The number of aliphatic hydroxyl groups excluding tert-OH is 3. The normalized spacial score (nSPS) is 31.4. The predicted octanol–water partition coefficient (Wildman–Crippen LogP) is 2.62. The van der Waals surface area contributed by atoms with Crippen LogP contribution in [0.5, 0.6) is 11.5 Å². The van der Waals surface area contributed by atoms with E-state index in [0.29, 0.717) is 37.5 Å². The van der Waals surface area contributed by atoms with Crippen LogP contribution in [0.3, 0.4) is 0 Å². The molecule has 2 aromatic rings. The summed E-state index contributed by atoms with van der Waals surface area (Å²) in [5, 5.41) is 31.8. The number of methoxy groups -OCH3 is 1. The van der Waals surface area contributed by atoms with Crippen molar-refractivity contribution >= 4 is 0 Å². The van der Waals surface area contributed by atoms with Crippen LogP contribution in [0.4, 0.5) is 0 Å². The summed E-state index contributed by atoms with van der Waals surface area (Å²) in [6.45, 7) is 2.96. The molecule has 0 aromatic heterocycles. The summed E-state index contributed by atoms with van der Waals surface area (Å²) in [5.41, 5.74) is 4.11. The molecule has 2 fully saturated rings. The molecule has 0 amide bonds. The number of benzene rings is 2. The molecule has 5 atom stereocenters. The van der Waals surface area contributed by atoms with Crippen molar-refractivity contribution in [2.45, 2.75) is 68.7 Å². The SMILES string of the molecule is CC[C@H]1OC(OC)(c2ccc(C3CC3)c(Cc3ccc4c(c3)OCCO4)c2)[C@H](O)[C@@H](O)[C@@H]1O. The lowest BCUT2D eigenvalue weighted by molar-refractivity contribution is -0.363. The summed E-state index contributed by atoms with van der Waals surface area (Å²) in [6.07, 6.45) is -1.20. The molecule has 2 aliphatic heterocycles. The molecule has 1 saturated heterocycles. The van der Waals surface area contributed by atoms with E-state index < -0.39 is 30.2 Å². The molecule has 178 valence electrons. The molecule has 2 aromatic carbocycles. The van der Waals surface area contributed by atoms with Gasteiger partial charge in [-0.25, -0.2) is 0 Å². The molecule has 33 heavy (non-hydrogen) atoms. The topological polar surface area (TPSA) is 97.6 Å². The number of rotatable bonds is 6. The Morgan fingerprint density at radius 2 is 1.73 bits per heavy atom. The molecule has 0 radical (unpaired) electrons. The van der Waals surface area contributed by atoms with Crippen LogP contribution < -0.4 is 9.47 Å². The first-order valence-corrected chi connectivity index (χ1v) is 11.8. The second kappa shape index (κ2) is 8.89. The molecule has 7 heteroatoms.